The Balaban J connectivity index is 1.86. The first-order valence-corrected chi connectivity index (χ1v) is 10.1. The second-order valence-electron chi connectivity index (χ2n) is 7.19. The molecule has 0 fully saturated rings. The molecule has 0 saturated carbocycles. The normalized spacial score (nSPS) is 11.7. The smallest absolute Gasteiger partial charge is 0.406 e. The van der Waals surface area contributed by atoms with Gasteiger partial charge in [-0.15, -0.1) is 13.2 Å². The van der Waals surface area contributed by atoms with E-state index < -0.39 is 12.3 Å². The lowest BCUT2D eigenvalue weighted by molar-refractivity contribution is -0.274. The minimum Gasteiger partial charge on any atom is -0.406 e. The van der Waals surface area contributed by atoms with Gasteiger partial charge in [0.2, 0.25) is 0 Å². The van der Waals surface area contributed by atoms with Crippen molar-refractivity contribution < 1.29 is 27.4 Å². The molecular formula is C22H25F3N4O3. The number of anilines is 1. The molecule has 1 amide bonds. The summed E-state index contributed by atoms with van der Waals surface area (Å²) in [5.41, 5.74) is 8.49. The summed E-state index contributed by atoms with van der Waals surface area (Å²) in [5, 5.41) is 2.75. The number of aryl methyl sites for hydroxylation is 2. The first-order chi connectivity index (χ1) is 15.2. The van der Waals surface area contributed by atoms with Crippen LogP contribution in [-0.2, 0) is 24.2 Å². The third-order valence-electron chi connectivity index (χ3n) is 4.82. The number of hydrogen-bond acceptors (Lipinski definition) is 5. The number of fused-ring (bicyclic) bond motifs is 1. The van der Waals surface area contributed by atoms with Crippen LogP contribution in [0.2, 0.25) is 0 Å². The van der Waals surface area contributed by atoms with Crippen LogP contribution in [0.5, 0.6) is 5.75 Å². The van der Waals surface area contributed by atoms with Gasteiger partial charge in [0.1, 0.15) is 11.6 Å². The number of imidazole rings is 1. The van der Waals surface area contributed by atoms with Crippen molar-refractivity contribution in [2.24, 2.45) is 0 Å². The highest BCUT2D eigenvalue weighted by Crippen LogP contribution is 2.26. The molecule has 0 aliphatic carbocycles. The molecule has 0 radical (unpaired) electrons. The Hall–Kier alpha value is -3.27. The average Bonchev–Trinajstić information content (AvgIpc) is 3.08. The first kappa shape index (κ1) is 23.4. The van der Waals surface area contributed by atoms with Crippen LogP contribution in [0, 0.1) is 0 Å². The molecule has 0 spiro atoms. The van der Waals surface area contributed by atoms with E-state index in [1.807, 2.05) is 11.5 Å². The molecular weight excluding hydrogens is 425 g/mol. The third kappa shape index (κ3) is 5.70. The maximum absolute atomic E-state index is 13.0. The number of carbonyl (C=O) groups excluding carboxylic acids is 1. The number of ether oxygens (including phenoxy) is 2. The number of nitrogen functional groups attached to an aromatic ring is 1. The van der Waals surface area contributed by atoms with Gasteiger partial charge in [0, 0.05) is 38.9 Å². The van der Waals surface area contributed by atoms with Gasteiger partial charge < -0.3 is 25.1 Å². The topological polar surface area (TPSA) is 91.4 Å². The number of nitrogens with two attached hydrogens (primary N) is 1. The number of halogens is 3. The van der Waals surface area contributed by atoms with Crippen molar-refractivity contribution in [3.8, 4) is 5.75 Å². The van der Waals surface area contributed by atoms with E-state index in [4.69, 9.17) is 10.5 Å². The van der Waals surface area contributed by atoms with Crippen molar-refractivity contribution in [1.29, 1.82) is 0 Å². The molecule has 7 nitrogen and oxygen atoms in total. The molecule has 0 aliphatic rings. The van der Waals surface area contributed by atoms with Gasteiger partial charge in [-0.2, -0.15) is 0 Å². The van der Waals surface area contributed by atoms with Gasteiger partial charge in [-0.25, -0.2) is 4.98 Å². The summed E-state index contributed by atoms with van der Waals surface area (Å²) < 4.78 is 48.4. The van der Waals surface area contributed by atoms with Crippen LogP contribution >= 0.6 is 0 Å². The van der Waals surface area contributed by atoms with Gasteiger partial charge in [0.25, 0.3) is 5.91 Å². The van der Waals surface area contributed by atoms with Crippen molar-refractivity contribution in [2.45, 2.75) is 39.2 Å². The first-order valence-electron chi connectivity index (χ1n) is 10.1. The predicted molar refractivity (Wildman–Crippen MR) is 114 cm³/mol. The molecule has 0 saturated heterocycles. The van der Waals surface area contributed by atoms with Crippen LogP contribution < -0.4 is 15.8 Å². The molecule has 0 bridgehead atoms. The number of benzene rings is 2. The molecule has 10 heteroatoms. The lowest BCUT2D eigenvalue weighted by Gasteiger charge is -2.13. The Bertz CT molecular complexity index is 1100. The van der Waals surface area contributed by atoms with Gasteiger partial charge in [0.15, 0.2) is 0 Å². The number of methoxy groups -OCH3 is 1. The number of alkyl halides is 3. The average molecular weight is 450 g/mol. The Morgan fingerprint density at radius 3 is 2.72 bits per heavy atom. The number of carbonyl (C=O) groups is 1. The van der Waals surface area contributed by atoms with E-state index in [0.29, 0.717) is 47.4 Å². The van der Waals surface area contributed by atoms with Crippen LogP contribution in [0.15, 0.2) is 36.4 Å². The van der Waals surface area contributed by atoms with Crippen LogP contribution in [-0.4, -0.2) is 35.5 Å². The molecule has 2 aromatic carbocycles. The summed E-state index contributed by atoms with van der Waals surface area (Å²) in [5.74, 6) is 0.0761. The Labute approximate surface area is 183 Å². The number of rotatable bonds is 9. The fourth-order valence-electron chi connectivity index (χ4n) is 3.52. The zero-order chi connectivity index (χ0) is 23.3. The van der Waals surface area contributed by atoms with Crippen molar-refractivity contribution >= 4 is 22.6 Å². The molecule has 0 unspecified atom stereocenters. The zero-order valence-corrected chi connectivity index (χ0v) is 17.8. The summed E-state index contributed by atoms with van der Waals surface area (Å²) in [6, 6.07) is 8.76. The monoisotopic (exact) mass is 450 g/mol. The molecule has 1 heterocycles. The third-order valence-corrected chi connectivity index (χ3v) is 4.82. The molecule has 3 N–H and O–H groups in total. The predicted octanol–water partition coefficient (Wildman–Crippen LogP) is 4.05. The van der Waals surface area contributed by atoms with Crippen LogP contribution in [0.4, 0.5) is 18.9 Å². The fraction of sp³-hybridized carbons (Fsp3) is 0.364. The van der Waals surface area contributed by atoms with Gasteiger partial charge in [-0.05, 0) is 36.2 Å². The van der Waals surface area contributed by atoms with E-state index in [9.17, 15) is 18.0 Å². The van der Waals surface area contributed by atoms with E-state index in [0.717, 1.165) is 12.2 Å². The standard InChI is InChI=1S/C22H25F3N4O3/c1-3-19-28-18-12-15(26)11-17(20(18)29(19)8-5-9-31-2)21(30)27-13-14-6-4-7-16(10-14)32-22(23,24)25/h4,6-7,10-12H,3,5,8-9,13,26H2,1-2H3,(H,27,30). The highest BCUT2D eigenvalue weighted by molar-refractivity contribution is 6.06. The van der Waals surface area contributed by atoms with E-state index >= 15 is 0 Å². The largest absolute Gasteiger partial charge is 0.573 e. The summed E-state index contributed by atoms with van der Waals surface area (Å²) in [6.07, 6.45) is -3.37. The van der Waals surface area contributed by atoms with E-state index in [1.54, 1.807) is 25.3 Å². The maximum atomic E-state index is 13.0. The van der Waals surface area contributed by atoms with Crippen LogP contribution in [0.1, 0.15) is 35.1 Å². The number of hydrogen-bond donors (Lipinski definition) is 2. The quantitative estimate of drug-likeness (QED) is 0.379. The maximum Gasteiger partial charge on any atom is 0.573 e. The summed E-state index contributed by atoms with van der Waals surface area (Å²) in [6.45, 7) is 3.18. The van der Waals surface area contributed by atoms with Gasteiger partial charge in [-0.3, -0.25) is 4.79 Å². The number of nitrogens with one attached hydrogen (secondary N) is 1. The van der Waals surface area contributed by atoms with Crippen molar-refractivity contribution in [1.82, 2.24) is 14.9 Å². The second kappa shape index (κ2) is 9.90. The van der Waals surface area contributed by atoms with Crippen LogP contribution in [0.3, 0.4) is 0 Å². The second-order valence-corrected chi connectivity index (χ2v) is 7.19. The lowest BCUT2D eigenvalue weighted by Crippen LogP contribution is -2.24. The minimum atomic E-state index is -4.78. The lowest BCUT2D eigenvalue weighted by atomic mass is 10.1. The zero-order valence-electron chi connectivity index (χ0n) is 17.8. The van der Waals surface area contributed by atoms with Crippen molar-refractivity contribution in [2.75, 3.05) is 19.5 Å². The highest BCUT2D eigenvalue weighted by atomic mass is 19.4. The summed E-state index contributed by atoms with van der Waals surface area (Å²) >= 11 is 0. The number of amides is 1. The van der Waals surface area contributed by atoms with Gasteiger partial charge >= 0.3 is 6.36 Å². The number of nitrogens with zero attached hydrogens (tertiary/aromatic N) is 2. The molecule has 0 atom stereocenters. The van der Waals surface area contributed by atoms with E-state index in [1.165, 1.54) is 18.2 Å². The fourth-order valence-corrected chi connectivity index (χ4v) is 3.52. The Morgan fingerprint density at radius 1 is 1.25 bits per heavy atom. The molecule has 3 aromatic rings. The molecule has 172 valence electrons. The summed E-state index contributed by atoms with van der Waals surface area (Å²) in [7, 11) is 1.63. The van der Waals surface area contributed by atoms with E-state index in [2.05, 4.69) is 15.0 Å². The van der Waals surface area contributed by atoms with E-state index in [-0.39, 0.29) is 12.3 Å². The molecule has 32 heavy (non-hydrogen) atoms. The molecule has 3 rings (SSSR count). The minimum absolute atomic E-state index is 0.0165. The van der Waals surface area contributed by atoms with Crippen molar-refractivity contribution in [3.63, 3.8) is 0 Å². The SMILES string of the molecule is CCc1nc2cc(N)cc(C(=O)NCc3cccc(OC(F)(F)F)c3)c2n1CCCOC. The van der Waals surface area contributed by atoms with Gasteiger partial charge in [-0.1, -0.05) is 19.1 Å². The molecule has 1 aromatic heterocycles. The highest BCUT2D eigenvalue weighted by Gasteiger charge is 2.31. The Kier molecular flexibility index (Phi) is 7.24. The number of aromatic nitrogens is 2. The van der Waals surface area contributed by atoms with Crippen LogP contribution in [0.25, 0.3) is 11.0 Å². The Morgan fingerprint density at radius 2 is 2.03 bits per heavy atom. The van der Waals surface area contributed by atoms with Crippen molar-refractivity contribution in [3.05, 3.63) is 53.3 Å². The van der Waals surface area contributed by atoms with Gasteiger partial charge in [0.05, 0.1) is 16.6 Å². The molecule has 0 aliphatic heterocycles. The summed E-state index contributed by atoms with van der Waals surface area (Å²) in [4.78, 5) is 17.7.